The van der Waals surface area contributed by atoms with Gasteiger partial charge in [-0.3, -0.25) is 9.59 Å². The molecule has 0 spiro atoms. The monoisotopic (exact) mass is 481 g/mol. The lowest BCUT2D eigenvalue weighted by atomic mass is 9.99. The average molecular weight is 482 g/mol. The van der Waals surface area contributed by atoms with E-state index in [0.717, 1.165) is 6.07 Å². The summed E-state index contributed by atoms with van der Waals surface area (Å²) in [7, 11) is -3.90. The van der Waals surface area contributed by atoms with Crippen molar-refractivity contribution < 1.29 is 27.1 Å². The summed E-state index contributed by atoms with van der Waals surface area (Å²) in [5.41, 5.74) is 1.22. The Bertz CT molecular complexity index is 1200. The Balaban J connectivity index is 1.53. The van der Waals surface area contributed by atoms with Crippen molar-refractivity contribution in [3.63, 3.8) is 0 Å². The quantitative estimate of drug-likeness (QED) is 0.698. The number of piperidine rings is 1. The molecule has 1 atom stereocenters. The van der Waals surface area contributed by atoms with E-state index in [9.17, 15) is 22.4 Å². The second-order valence-corrected chi connectivity index (χ2v) is 10.1. The lowest BCUT2D eigenvalue weighted by Crippen LogP contribution is -2.43. The Labute approximate surface area is 189 Å². The summed E-state index contributed by atoms with van der Waals surface area (Å²) in [6.07, 6.45) is 1.03. The van der Waals surface area contributed by atoms with Gasteiger partial charge in [0.25, 0.3) is 5.91 Å². The van der Waals surface area contributed by atoms with Gasteiger partial charge in [-0.2, -0.15) is 4.31 Å². The van der Waals surface area contributed by atoms with E-state index < -0.39 is 21.8 Å². The molecular formula is C21H21ClFN3O5S. The molecule has 0 aliphatic carbocycles. The number of anilines is 2. The van der Waals surface area contributed by atoms with E-state index >= 15 is 0 Å². The van der Waals surface area contributed by atoms with E-state index in [1.54, 1.807) is 13.0 Å². The number of rotatable bonds is 4. The second kappa shape index (κ2) is 8.68. The van der Waals surface area contributed by atoms with Crippen molar-refractivity contribution in [1.82, 2.24) is 4.31 Å². The smallest absolute Gasteiger partial charge is 0.262 e. The van der Waals surface area contributed by atoms with Crippen molar-refractivity contribution in [3.8, 4) is 5.75 Å². The first-order valence-electron chi connectivity index (χ1n) is 9.98. The van der Waals surface area contributed by atoms with Gasteiger partial charge in [-0.05, 0) is 49.6 Å². The summed E-state index contributed by atoms with van der Waals surface area (Å²) < 4.78 is 46.7. The van der Waals surface area contributed by atoms with Crippen molar-refractivity contribution >= 4 is 44.8 Å². The third-order valence-electron chi connectivity index (χ3n) is 5.47. The molecule has 2 amide bonds. The number of amides is 2. The summed E-state index contributed by atoms with van der Waals surface area (Å²) in [4.78, 5) is 24.3. The van der Waals surface area contributed by atoms with E-state index in [4.69, 9.17) is 16.3 Å². The predicted octanol–water partition coefficient (Wildman–Crippen LogP) is 3.16. The Kier molecular flexibility index (Phi) is 6.11. The van der Waals surface area contributed by atoms with Crippen LogP contribution in [0.5, 0.6) is 5.75 Å². The molecule has 32 heavy (non-hydrogen) atoms. The van der Waals surface area contributed by atoms with Gasteiger partial charge >= 0.3 is 0 Å². The normalized spacial score (nSPS) is 19.0. The summed E-state index contributed by atoms with van der Waals surface area (Å²) >= 11 is 5.76. The van der Waals surface area contributed by atoms with Gasteiger partial charge in [0.15, 0.2) is 6.61 Å². The number of nitrogens with zero attached hydrogens (tertiary/aromatic N) is 1. The molecule has 170 valence electrons. The van der Waals surface area contributed by atoms with Crippen LogP contribution in [0.1, 0.15) is 18.4 Å². The molecule has 0 radical (unpaired) electrons. The topological polar surface area (TPSA) is 105 Å². The summed E-state index contributed by atoms with van der Waals surface area (Å²) in [6.45, 7) is 1.75. The number of carbonyl (C=O) groups excluding carboxylic acids is 2. The maximum absolute atomic E-state index is 13.4. The number of ether oxygens (including phenoxy) is 1. The first-order chi connectivity index (χ1) is 15.1. The maximum Gasteiger partial charge on any atom is 0.262 e. The molecule has 1 saturated heterocycles. The lowest BCUT2D eigenvalue weighted by Gasteiger charge is -2.32. The van der Waals surface area contributed by atoms with Gasteiger partial charge in [0.1, 0.15) is 11.6 Å². The molecule has 0 aromatic heterocycles. The second-order valence-electron chi connectivity index (χ2n) is 7.77. The van der Waals surface area contributed by atoms with Gasteiger partial charge in [0, 0.05) is 24.8 Å². The molecule has 2 aromatic rings. The Morgan fingerprint density at radius 3 is 2.84 bits per heavy atom. The van der Waals surface area contributed by atoms with Crippen LogP contribution < -0.4 is 15.4 Å². The van der Waals surface area contributed by atoms with E-state index in [-0.39, 0.29) is 47.2 Å². The molecule has 0 bridgehead atoms. The van der Waals surface area contributed by atoms with Crippen molar-refractivity contribution in [2.24, 2.45) is 5.92 Å². The first kappa shape index (κ1) is 22.5. The average Bonchev–Trinajstić information content (AvgIpc) is 2.75. The molecule has 4 rings (SSSR count). The number of hydrogen-bond donors (Lipinski definition) is 2. The zero-order valence-electron chi connectivity index (χ0n) is 17.2. The maximum atomic E-state index is 13.4. The number of sulfonamides is 1. The van der Waals surface area contributed by atoms with Crippen LogP contribution in [0.15, 0.2) is 35.2 Å². The van der Waals surface area contributed by atoms with Crippen molar-refractivity contribution in [2.75, 3.05) is 30.3 Å². The van der Waals surface area contributed by atoms with Crippen LogP contribution in [0, 0.1) is 18.7 Å². The number of aryl methyl sites for hydroxylation is 1. The van der Waals surface area contributed by atoms with E-state index in [2.05, 4.69) is 10.6 Å². The highest BCUT2D eigenvalue weighted by atomic mass is 35.5. The molecule has 0 saturated carbocycles. The number of benzene rings is 2. The van der Waals surface area contributed by atoms with Crippen molar-refractivity contribution in [1.29, 1.82) is 0 Å². The van der Waals surface area contributed by atoms with Crippen LogP contribution in [0.4, 0.5) is 15.8 Å². The van der Waals surface area contributed by atoms with Crippen LogP contribution in [0.2, 0.25) is 5.02 Å². The predicted molar refractivity (Wildman–Crippen MR) is 117 cm³/mol. The van der Waals surface area contributed by atoms with Crippen LogP contribution in [-0.2, 0) is 19.6 Å². The fourth-order valence-electron chi connectivity index (χ4n) is 3.83. The van der Waals surface area contributed by atoms with Gasteiger partial charge in [0.2, 0.25) is 15.9 Å². The van der Waals surface area contributed by atoms with Crippen molar-refractivity contribution in [2.45, 2.75) is 24.7 Å². The number of carbonyl (C=O) groups is 2. The van der Waals surface area contributed by atoms with Crippen LogP contribution >= 0.6 is 11.6 Å². The fraction of sp³-hybridized carbons (Fsp3) is 0.333. The molecule has 2 aromatic carbocycles. The van der Waals surface area contributed by atoms with E-state index in [1.165, 1.54) is 22.5 Å². The summed E-state index contributed by atoms with van der Waals surface area (Å²) in [5.74, 6) is -1.55. The van der Waals surface area contributed by atoms with Gasteiger partial charge in [-0.15, -0.1) is 0 Å². The van der Waals surface area contributed by atoms with Gasteiger partial charge in [-0.25, -0.2) is 12.8 Å². The number of halogens is 2. The number of hydrogen-bond acceptors (Lipinski definition) is 5. The van der Waals surface area contributed by atoms with Gasteiger partial charge in [-0.1, -0.05) is 11.6 Å². The lowest BCUT2D eigenvalue weighted by molar-refractivity contribution is -0.121. The molecule has 2 aliphatic heterocycles. The molecule has 2 heterocycles. The molecule has 0 unspecified atom stereocenters. The summed E-state index contributed by atoms with van der Waals surface area (Å²) in [5, 5.41) is 5.22. The molecule has 8 nitrogen and oxygen atoms in total. The Hall–Kier alpha value is -2.69. The Morgan fingerprint density at radius 1 is 1.31 bits per heavy atom. The highest BCUT2D eigenvalue weighted by Crippen LogP contribution is 2.35. The van der Waals surface area contributed by atoms with Crippen LogP contribution in [0.3, 0.4) is 0 Å². The molecule has 2 N–H and O–H groups in total. The number of fused-ring (bicyclic) bond motifs is 1. The minimum absolute atomic E-state index is 0.0111. The van der Waals surface area contributed by atoms with Crippen LogP contribution in [-0.4, -0.2) is 44.2 Å². The van der Waals surface area contributed by atoms with Crippen molar-refractivity contribution in [3.05, 3.63) is 46.7 Å². The largest absolute Gasteiger partial charge is 0.482 e. The summed E-state index contributed by atoms with van der Waals surface area (Å²) in [6, 6.07) is 6.82. The zero-order valence-corrected chi connectivity index (χ0v) is 18.7. The highest BCUT2D eigenvalue weighted by molar-refractivity contribution is 7.89. The Morgan fingerprint density at radius 2 is 2.09 bits per heavy atom. The highest BCUT2D eigenvalue weighted by Gasteiger charge is 2.35. The molecule has 2 aliphatic rings. The van der Waals surface area contributed by atoms with Gasteiger partial charge in [0.05, 0.1) is 21.5 Å². The van der Waals surface area contributed by atoms with E-state index in [1.807, 2.05) is 0 Å². The van der Waals surface area contributed by atoms with Crippen LogP contribution in [0.25, 0.3) is 0 Å². The van der Waals surface area contributed by atoms with E-state index in [0.29, 0.717) is 29.8 Å². The standard InChI is InChI=1S/C21H21ClFN3O5S/c1-12-7-17-18(31-11-20(27)25-17)9-19(12)32(29,30)26-6-2-3-13(10-26)21(28)24-14-4-5-16(23)15(22)8-14/h4-5,7-9,13H,2-3,6,10-11H2,1H3,(H,24,28)(H,25,27)/t13-/m0/s1. The minimum Gasteiger partial charge on any atom is -0.482 e. The molecular weight excluding hydrogens is 461 g/mol. The SMILES string of the molecule is Cc1cc2c(cc1S(=O)(=O)N1CCC[C@H](C(=O)Nc3ccc(F)c(Cl)c3)C1)OCC(=O)N2. The fourth-order valence-corrected chi connectivity index (χ4v) is 5.75. The van der Waals surface area contributed by atoms with Gasteiger partial charge < -0.3 is 15.4 Å². The zero-order chi connectivity index (χ0) is 23.0. The number of nitrogens with one attached hydrogen (secondary N) is 2. The third kappa shape index (κ3) is 4.43. The minimum atomic E-state index is -3.90. The molecule has 11 heteroatoms. The first-order valence-corrected chi connectivity index (χ1v) is 11.8. The molecule has 1 fully saturated rings. The third-order valence-corrected chi connectivity index (χ3v) is 7.77.